The van der Waals surface area contributed by atoms with Gasteiger partial charge in [0.2, 0.25) is 0 Å². The van der Waals surface area contributed by atoms with E-state index in [2.05, 4.69) is 32.1 Å². The number of hydrogen-bond acceptors (Lipinski definition) is 7. The van der Waals surface area contributed by atoms with E-state index >= 15 is 0 Å². The summed E-state index contributed by atoms with van der Waals surface area (Å²) in [6.45, 7) is 2.33. The smallest absolute Gasteiger partial charge is 0.256 e. The first-order chi connectivity index (χ1) is 19.6. The lowest BCUT2D eigenvalue weighted by molar-refractivity contribution is 0.0303. The number of aromatic nitrogens is 5. The molecule has 10 heteroatoms. The number of pyridine rings is 2. The van der Waals surface area contributed by atoms with Crippen molar-refractivity contribution in [3.05, 3.63) is 108 Å². The predicted octanol–water partition coefficient (Wildman–Crippen LogP) is 3.31. The van der Waals surface area contributed by atoms with Crippen molar-refractivity contribution in [2.45, 2.75) is 0 Å². The highest BCUT2D eigenvalue weighted by molar-refractivity contribution is 6.03. The van der Waals surface area contributed by atoms with Crippen molar-refractivity contribution in [3.63, 3.8) is 0 Å². The molecule has 1 fully saturated rings. The predicted molar refractivity (Wildman–Crippen MR) is 148 cm³/mol. The number of hydrogen-bond donors (Lipinski definition) is 1. The summed E-state index contributed by atoms with van der Waals surface area (Å²) in [6.07, 6.45) is 6.37. The zero-order valence-corrected chi connectivity index (χ0v) is 21.3. The van der Waals surface area contributed by atoms with Gasteiger partial charge in [0, 0.05) is 53.9 Å². The van der Waals surface area contributed by atoms with Crippen LogP contribution in [0.15, 0.2) is 85.5 Å². The van der Waals surface area contributed by atoms with E-state index in [-0.39, 0.29) is 11.8 Å². The molecule has 6 rings (SSSR count). The van der Waals surface area contributed by atoms with E-state index in [1.807, 2.05) is 36.4 Å². The molecule has 5 heterocycles. The van der Waals surface area contributed by atoms with Gasteiger partial charge < -0.3 is 15.0 Å². The number of carbonyl (C=O) groups excluding carboxylic acids is 2. The zero-order valence-electron chi connectivity index (χ0n) is 21.3. The second kappa shape index (κ2) is 11.1. The maximum atomic E-state index is 12.8. The third-order valence-electron chi connectivity index (χ3n) is 6.37. The molecule has 0 saturated carbocycles. The summed E-state index contributed by atoms with van der Waals surface area (Å²) < 4.78 is 7.02. The number of fused-ring (bicyclic) bond motifs is 1. The Hall–Kier alpha value is -5.40. The lowest BCUT2D eigenvalue weighted by Gasteiger charge is -2.26. The van der Waals surface area contributed by atoms with Crippen LogP contribution in [0.5, 0.6) is 0 Å². The summed E-state index contributed by atoms with van der Waals surface area (Å²) >= 11 is 0. The van der Waals surface area contributed by atoms with Crippen molar-refractivity contribution in [1.29, 1.82) is 0 Å². The molecule has 40 heavy (non-hydrogen) atoms. The minimum absolute atomic E-state index is 0.00151. The molecular formula is C30H23N7O3. The number of morpholine rings is 1. The van der Waals surface area contributed by atoms with Crippen LogP contribution in [0.3, 0.4) is 0 Å². The lowest BCUT2D eigenvalue weighted by atomic mass is 10.1. The maximum Gasteiger partial charge on any atom is 0.256 e. The van der Waals surface area contributed by atoms with E-state index in [1.54, 1.807) is 58.5 Å². The number of rotatable bonds is 4. The van der Waals surface area contributed by atoms with E-state index < -0.39 is 0 Å². The van der Waals surface area contributed by atoms with E-state index in [9.17, 15) is 9.59 Å². The first kappa shape index (κ1) is 24.9. The van der Waals surface area contributed by atoms with Gasteiger partial charge in [0.15, 0.2) is 5.65 Å². The number of anilines is 1. The molecule has 10 nitrogen and oxygen atoms in total. The van der Waals surface area contributed by atoms with Gasteiger partial charge >= 0.3 is 0 Å². The zero-order chi connectivity index (χ0) is 27.3. The van der Waals surface area contributed by atoms with Gasteiger partial charge in [0.25, 0.3) is 11.8 Å². The molecule has 0 spiro atoms. The fourth-order valence-corrected chi connectivity index (χ4v) is 4.25. The molecular weight excluding hydrogens is 506 g/mol. The van der Waals surface area contributed by atoms with Crippen molar-refractivity contribution in [1.82, 2.24) is 29.5 Å². The second-order valence-corrected chi connectivity index (χ2v) is 8.98. The average Bonchev–Trinajstić information content (AvgIpc) is 3.43. The molecule has 196 valence electrons. The van der Waals surface area contributed by atoms with Crippen LogP contribution in [0.25, 0.3) is 16.9 Å². The molecule has 0 radical (unpaired) electrons. The van der Waals surface area contributed by atoms with Gasteiger partial charge in [0.05, 0.1) is 25.1 Å². The van der Waals surface area contributed by atoms with E-state index in [0.29, 0.717) is 60.2 Å². The van der Waals surface area contributed by atoms with Gasteiger partial charge in [-0.3, -0.25) is 14.6 Å². The van der Waals surface area contributed by atoms with E-state index in [4.69, 9.17) is 9.84 Å². The number of benzene rings is 1. The molecule has 1 saturated heterocycles. The molecule has 0 unspecified atom stereocenters. The molecule has 5 aromatic rings. The highest BCUT2D eigenvalue weighted by Crippen LogP contribution is 2.20. The lowest BCUT2D eigenvalue weighted by Crippen LogP contribution is -2.40. The Morgan fingerprint density at radius 3 is 2.45 bits per heavy atom. The second-order valence-electron chi connectivity index (χ2n) is 8.98. The topological polar surface area (TPSA) is 115 Å². The van der Waals surface area contributed by atoms with Crippen molar-refractivity contribution < 1.29 is 14.3 Å². The van der Waals surface area contributed by atoms with Crippen LogP contribution in [0.1, 0.15) is 32.0 Å². The van der Waals surface area contributed by atoms with Crippen molar-refractivity contribution in [2.24, 2.45) is 0 Å². The van der Waals surface area contributed by atoms with Gasteiger partial charge in [-0.1, -0.05) is 18.1 Å². The summed E-state index contributed by atoms with van der Waals surface area (Å²) in [6, 6.07) is 17.9. The maximum absolute atomic E-state index is 12.8. The SMILES string of the molecule is O=C(Nc1cc(C#Cc2cnc3ccc(-c4ccc(C(=O)N5CCOCC5)cc4)nn23)ccn1)c1ccncc1. The van der Waals surface area contributed by atoms with Crippen molar-refractivity contribution in [2.75, 3.05) is 31.6 Å². The first-order valence-corrected chi connectivity index (χ1v) is 12.7. The van der Waals surface area contributed by atoms with Crippen LogP contribution in [0.4, 0.5) is 5.82 Å². The largest absolute Gasteiger partial charge is 0.378 e. The molecule has 1 N–H and O–H groups in total. The first-order valence-electron chi connectivity index (χ1n) is 12.7. The van der Waals surface area contributed by atoms with Gasteiger partial charge in [-0.25, -0.2) is 14.5 Å². The molecule has 0 aliphatic carbocycles. The number of imidazole rings is 1. The van der Waals surface area contributed by atoms with Crippen LogP contribution in [-0.2, 0) is 4.74 Å². The fourth-order valence-electron chi connectivity index (χ4n) is 4.25. The van der Waals surface area contributed by atoms with E-state index in [1.165, 1.54) is 0 Å². The van der Waals surface area contributed by atoms with E-state index in [0.717, 1.165) is 11.3 Å². The molecule has 0 bridgehead atoms. The summed E-state index contributed by atoms with van der Waals surface area (Å²) in [5.74, 6) is 6.33. The number of nitrogens with one attached hydrogen (secondary N) is 1. The van der Waals surface area contributed by atoms with Gasteiger partial charge in [-0.15, -0.1) is 0 Å². The third kappa shape index (κ3) is 5.41. The highest BCUT2D eigenvalue weighted by atomic mass is 16.5. The van der Waals surface area contributed by atoms with Crippen LogP contribution in [0, 0.1) is 11.8 Å². The minimum atomic E-state index is -0.281. The molecule has 2 amide bonds. The molecule has 1 aliphatic heterocycles. The Morgan fingerprint density at radius 1 is 0.850 bits per heavy atom. The van der Waals surface area contributed by atoms with Crippen LogP contribution in [0.2, 0.25) is 0 Å². The number of ether oxygens (including phenoxy) is 1. The van der Waals surface area contributed by atoms with Crippen LogP contribution < -0.4 is 5.32 Å². The number of amides is 2. The highest BCUT2D eigenvalue weighted by Gasteiger charge is 2.18. The van der Waals surface area contributed by atoms with Crippen LogP contribution in [-0.4, -0.2) is 67.6 Å². The summed E-state index contributed by atoms with van der Waals surface area (Å²) in [7, 11) is 0. The Labute approximate surface area is 229 Å². The van der Waals surface area contributed by atoms with Crippen molar-refractivity contribution >= 4 is 23.3 Å². The number of nitrogens with zero attached hydrogens (tertiary/aromatic N) is 6. The Morgan fingerprint density at radius 2 is 1.65 bits per heavy atom. The summed E-state index contributed by atoms with van der Waals surface area (Å²) in [5.41, 5.74) is 4.66. The fraction of sp³-hybridized carbons (Fsp3) is 0.133. The Balaban J connectivity index is 1.20. The number of carbonyl (C=O) groups is 2. The third-order valence-corrected chi connectivity index (χ3v) is 6.37. The average molecular weight is 530 g/mol. The minimum Gasteiger partial charge on any atom is -0.378 e. The van der Waals surface area contributed by atoms with Gasteiger partial charge in [0.1, 0.15) is 11.5 Å². The van der Waals surface area contributed by atoms with Crippen LogP contribution >= 0.6 is 0 Å². The standard InChI is InChI=1S/C30H23N7O3/c38-29(23-10-12-31-13-11-23)34-27-19-21(9-14-32-27)1-6-25-20-33-28-8-7-26(35-37(25)28)22-2-4-24(5-3-22)30(39)36-15-17-40-18-16-36/h2-5,7-14,19-20H,15-18H2,(H,32,34,38). The molecule has 0 atom stereocenters. The van der Waals surface area contributed by atoms with Crippen molar-refractivity contribution in [3.8, 4) is 23.1 Å². The quantitative estimate of drug-likeness (QED) is 0.355. The normalized spacial score (nSPS) is 12.9. The molecule has 1 aromatic carbocycles. The Bertz CT molecular complexity index is 1750. The Kier molecular flexibility index (Phi) is 6.94. The molecule has 4 aromatic heterocycles. The van der Waals surface area contributed by atoms with Gasteiger partial charge in [-0.05, 0) is 54.5 Å². The summed E-state index contributed by atoms with van der Waals surface area (Å²) in [4.78, 5) is 39.5. The van der Waals surface area contributed by atoms with Gasteiger partial charge in [-0.2, -0.15) is 5.10 Å². The summed E-state index contributed by atoms with van der Waals surface area (Å²) in [5, 5.41) is 7.51. The monoisotopic (exact) mass is 529 g/mol. The molecule has 1 aliphatic rings.